The molecule has 1 N–H and O–H groups in total. The lowest BCUT2D eigenvalue weighted by molar-refractivity contribution is 0.355. The molecular weight excluding hydrogens is 466 g/mol. The average Bonchev–Trinajstić information content (AvgIpc) is 2.81. The van der Waals surface area contributed by atoms with E-state index in [2.05, 4.69) is 9.71 Å². The fourth-order valence-corrected chi connectivity index (χ4v) is 4.33. The van der Waals surface area contributed by atoms with Crippen LogP contribution in [-0.2, 0) is 10.0 Å². The van der Waals surface area contributed by atoms with Crippen molar-refractivity contribution in [1.82, 2.24) is 4.98 Å². The van der Waals surface area contributed by atoms with Crippen LogP contribution in [0.15, 0.2) is 65.7 Å². The van der Waals surface area contributed by atoms with Crippen molar-refractivity contribution in [2.75, 3.05) is 18.9 Å². The number of nitrogens with one attached hydrogen (secondary N) is 1. The first kappa shape index (κ1) is 23.2. The van der Waals surface area contributed by atoms with Gasteiger partial charge >= 0.3 is 0 Å². The van der Waals surface area contributed by atoms with Crippen molar-refractivity contribution < 1.29 is 31.4 Å². The number of fused-ring (bicyclic) bond motifs is 1. The molecule has 4 aromatic rings. The number of benzene rings is 3. The number of anilines is 1. The van der Waals surface area contributed by atoms with Crippen molar-refractivity contribution in [1.29, 1.82) is 0 Å². The summed E-state index contributed by atoms with van der Waals surface area (Å²) in [5.41, 5.74) is 0.566. The highest BCUT2D eigenvalue weighted by molar-refractivity contribution is 7.92. The van der Waals surface area contributed by atoms with E-state index in [9.17, 15) is 17.2 Å². The minimum atomic E-state index is -4.19. The van der Waals surface area contributed by atoms with Gasteiger partial charge < -0.3 is 14.2 Å². The smallest absolute Gasteiger partial charge is 0.262 e. The van der Waals surface area contributed by atoms with Crippen LogP contribution >= 0.6 is 0 Å². The van der Waals surface area contributed by atoms with E-state index in [-0.39, 0.29) is 16.3 Å². The van der Waals surface area contributed by atoms with Crippen LogP contribution in [0.25, 0.3) is 10.9 Å². The van der Waals surface area contributed by atoms with Gasteiger partial charge in [-0.1, -0.05) is 6.07 Å². The van der Waals surface area contributed by atoms with E-state index in [0.29, 0.717) is 33.7 Å². The summed E-state index contributed by atoms with van der Waals surface area (Å²) >= 11 is 0. The van der Waals surface area contributed by atoms with E-state index in [0.717, 1.165) is 12.1 Å². The molecule has 0 aliphatic rings. The van der Waals surface area contributed by atoms with Crippen LogP contribution in [0.5, 0.6) is 23.0 Å². The Bertz CT molecular complexity index is 1490. The molecule has 10 heteroatoms. The normalized spacial score (nSPS) is 11.3. The fraction of sp³-hybridized carbons (Fsp3) is 0.125. The van der Waals surface area contributed by atoms with Gasteiger partial charge in [0.1, 0.15) is 17.3 Å². The van der Waals surface area contributed by atoms with Crippen molar-refractivity contribution >= 4 is 26.6 Å². The molecule has 0 aliphatic heterocycles. The van der Waals surface area contributed by atoms with Crippen molar-refractivity contribution in [3.05, 3.63) is 78.0 Å². The van der Waals surface area contributed by atoms with Crippen LogP contribution in [0.4, 0.5) is 14.5 Å². The van der Waals surface area contributed by atoms with Crippen molar-refractivity contribution in [3.63, 3.8) is 0 Å². The molecule has 0 saturated heterocycles. The van der Waals surface area contributed by atoms with Gasteiger partial charge in [-0.3, -0.25) is 9.71 Å². The number of halogens is 2. The van der Waals surface area contributed by atoms with Crippen LogP contribution in [0.2, 0.25) is 0 Å². The molecule has 1 heterocycles. The Balaban J connectivity index is 1.62. The third-order valence-corrected chi connectivity index (χ3v) is 6.44. The summed E-state index contributed by atoms with van der Waals surface area (Å²) in [6, 6.07) is 12.1. The summed E-state index contributed by atoms with van der Waals surface area (Å²) in [6.45, 7) is 1.51. The predicted octanol–water partition coefficient (Wildman–Crippen LogP) is 5.43. The number of hydrogen-bond donors (Lipinski definition) is 1. The summed E-state index contributed by atoms with van der Waals surface area (Å²) in [5, 5.41) is 0.603. The van der Waals surface area contributed by atoms with Crippen LogP contribution in [0.1, 0.15) is 5.56 Å². The molecule has 0 atom stereocenters. The van der Waals surface area contributed by atoms with E-state index >= 15 is 0 Å². The van der Waals surface area contributed by atoms with Crippen LogP contribution < -0.4 is 18.9 Å². The van der Waals surface area contributed by atoms with Gasteiger partial charge in [0.15, 0.2) is 17.3 Å². The lowest BCUT2D eigenvalue weighted by Gasteiger charge is -2.13. The van der Waals surface area contributed by atoms with Gasteiger partial charge in [-0.15, -0.1) is 0 Å². The standard InChI is InChI=1S/C24H20F2N2O5S/c1-14-4-6-16(11-18(14)25)34(29,30)28-20-7-5-15(10-19(20)26)33-22-8-9-27-21-13-24(32-3)23(31-2)12-17(21)22/h4-13,28H,1-3H3. The molecule has 0 spiro atoms. The minimum Gasteiger partial charge on any atom is -0.493 e. The largest absolute Gasteiger partial charge is 0.493 e. The number of pyridine rings is 1. The molecule has 0 unspecified atom stereocenters. The molecule has 0 radical (unpaired) electrons. The first-order chi connectivity index (χ1) is 16.2. The molecule has 7 nitrogen and oxygen atoms in total. The monoisotopic (exact) mass is 486 g/mol. The van der Waals surface area contributed by atoms with Crippen molar-refractivity contribution in [2.24, 2.45) is 0 Å². The topological polar surface area (TPSA) is 86.8 Å². The number of sulfonamides is 1. The van der Waals surface area contributed by atoms with Gasteiger partial charge in [-0.05, 0) is 48.9 Å². The Labute approximate surface area is 195 Å². The second kappa shape index (κ2) is 9.14. The highest BCUT2D eigenvalue weighted by Crippen LogP contribution is 2.37. The molecule has 0 amide bonds. The van der Waals surface area contributed by atoms with Gasteiger partial charge in [0.05, 0.1) is 30.3 Å². The van der Waals surface area contributed by atoms with Crippen molar-refractivity contribution in [2.45, 2.75) is 11.8 Å². The number of nitrogens with zero attached hydrogens (tertiary/aromatic N) is 1. The number of methoxy groups -OCH3 is 2. The van der Waals surface area contributed by atoms with Crippen LogP contribution in [0, 0.1) is 18.6 Å². The lowest BCUT2D eigenvalue weighted by atomic mass is 10.2. The molecular formula is C24H20F2N2O5S. The molecule has 0 saturated carbocycles. The average molecular weight is 486 g/mol. The highest BCUT2D eigenvalue weighted by atomic mass is 32.2. The first-order valence-corrected chi connectivity index (χ1v) is 11.5. The maximum atomic E-state index is 14.7. The number of aryl methyl sites for hydroxylation is 1. The Morgan fingerprint density at radius 1 is 0.853 bits per heavy atom. The summed E-state index contributed by atoms with van der Waals surface area (Å²) in [6.07, 6.45) is 1.53. The number of rotatable bonds is 7. The van der Waals surface area contributed by atoms with Crippen molar-refractivity contribution in [3.8, 4) is 23.0 Å². The minimum absolute atomic E-state index is 0.129. The van der Waals surface area contributed by atoms with Gasteiger partial charge in [0.25, 0.3) is 10.0 Å². The quantitative estimate of drug-likeness (QED) is 0.375. The van der Waals surface area contributed by atoms with E-state index in [1.165, 1.54) is 51.6 Å². The summed E-state index contributed by atoms with van der Waals surface area (Å²) < 4.78 is 72.2. The van der Waals surface area contributed by atoms with E-state index in [1.54, 1.807) is 18.2 Å². The molecule has 0 aliphatic carbocycles. The van der Waals surface area contributed by atoms with Gasteiger partial charge in [0, 0.05) is 23.7 Å². The zero-order valence-corrected chi connectivity index (χ0v) is 19.2. The van der Waals surface area contributed by atoms with Crippen LogP contribution in [0.3, 0.4) is 0 Å². The summed E-state index contributed by atoms with van der Waals surface area (Å²) in [5.74, 6) is -0.0674. The molecule has 1 aromatic heterocycles. The van der Waals surface area contributed by atoms with E-state index in [4.69, 9.17) is 14.2 Å². The molecule has 0 fully saturated rings. The molecule has 0 bridgehead atoms. The molecule has 3 aromatic carbocycles. The Morgan fingerprint density at radius 2 is 1.59 bits per heavy atom. The maximum Gasteiger partial charge on any atom is 0.262 e. The summed E-state index contributed by atoms with van der Waals surface area (Å²) in [4.78, 5) is 3.97. The fourth-order valence-electron chi connectivity index (χ4n) is 3.25. The van der Waals surface area contributed by atoms with E-state index < -0.39 is 21.7 Å². The maximum absolute atomic E-state index is 14.7. The second-order valence-corrected chi connectivity index (χ2v) is 8.98. The molecule has 34 heavy (non-hydrogen) atoms. The number of aromatic nitrogens is 1. The SMILES string of the molecule is COc1cc2nccc(Oc3ccc(NS(=O)(=O)c4ccc(C)c(F)c4)c(F)c3)c2cc1OC. The van der Waals surface area contributed by atoms with E-state index in [1.807, 2.05) is 0 Å². The number of ether oxygens (including phenoxy) is 3. The molecule has 4 rings (SSSR count). The second-order valence-electron chi connectivity index (χ2n) is 7.29. The third kappa shape index (κ3) is 4.58. The van der Waals surface area contributed by atoms with Gasteiger partial charge in [-0.2, -0.15) is 0 Å². The Hall–Kier alpha value is -3.92. The third-order valence-electron chi connectivity index (χ3n) is 5.07. The highest BCUT2D eigenvalue weighted by Gasteiger charge is 2.19. The zero-order chi connectivity index (χ0) is 24.5. The predicted molar refractivity (Wildman–Crippen MR) is 123 cm³/mol. The van der Waals surface area contributed by atoms with Gasteiger partial charge in [-0.25, -0.2) is 17.2 Å². The van der Waals surface area contributed by atoms with Gasteiger partial charge in [0.2, 0.25) is 0 Å². The Kier molecular flexibility index (Phi) is 6.25. The Morgan fingerprint density at radius 3 is 2.26 bits per heavy atom. The lowest BCUT2D eigenvalue weighted by Crippen LogP contribution is -2.14. The number of hydrogen-bond acceptors (Lipinski definition) is 6. The molecule has 176 valence electrons. The first-order valence-electron chi connectivity index (χ1n) is 9.99. The van der Waals surface area contributed by atoms with Crippen LogP contribution in [-0.4, -0.2) is 27.6 Å². The summed E-state index contributed by atoms with van der Waals surface area (Å²) in [7, 11) is -1.18. The zero-order valence-electron chi connectivity index (χ0n) is 18.4.